The minimum absolute atomic E-state index is 0.0540. The third kappa shape index (κ3) is 10.9. The van der Waals surface area contributed by atoms with Crippen LogP contribution in [0.2, 0.25) is 0 Å². The van der Waals surface area contributed by atoms with E-state index in [2.05, 4.69) is 65.6 Å². The molecule has 2 aromatic carbocycles. The molecule has 0 bridgehead atoms. The maximum Gasteiger partial charge on any atom is 0.312 e. The van der Waals surface area contributed by atoms with Crippen molar-refractivity contribution >= 4 is 46.8 Å². The number of urea groups is 1. The fourth-order valence-corrected chi connectivity index (χ4v) is 13.1. The summed E-state index contributed by atoms with van der Waals surface area (Å²) < 4.78 is 0. The van der Waals surface area contributed by atoms with Crippen LogP contribution in [0, 0.1) is 34.5 Å². The van der Waals surface area contributed by atoms with Crippen molar-refractivity contribution < 1.29 is 28.8 Å². The lowest BCUT2D eigenvalue weighted by Crippen LogP contribution is -2.60. The Hall–Kier alpha value is -4.82. The lowest BCUT2D eigenvalue weighted by Gasteiger charge is -2.56. The van der Waals surface area contributed by atoms with Crippen LogP contribution in [0.1, 0.15) is 154 Å². The maximum atomic E-state index is 14.8. The van der Waals surface area contributed by atoms with Crippen LogP contribution in [0.4, 0.5) is 16.2 Å². The molecule has 6 rings (SSSR count). The first-order chi connectivity index (χ1) is 31.7. The molecule has 0 radical (unpaired) electrons. The molecule has 2 aromatic rings. The average molecular weight is 925 g/mol. The van der Waals surface area contributed by atoms with E-state index < -0.39 is 46.2 Å². The minimum Gasteiger partial charge on any atom is -0.399 e. The topological polar surface area (TPSA) is 241 Å². The van der Waals surface area contributed by atoms with Gasteiger partial charge in [-0.2, -0.15) is 0 Å². The van der Waals surface area contributed by atoms with E-state index in [0.717, 1.165) is 88.4 Å². The number of primary amides is 1. The molecule has 2 fully saturated rings. The van der Waals surface area contributed by atoms with Crippen molar-refractivity contribution in [2.24, 2.45) is 46.0 Å². The van der Waals surface area contributed by atoms with Crippen LogP contribution in [-0.4, -0.2) is 67.7 Å². The smallest absolute Gasteiger partial charge is 0.312 e. The number of nitrogens with two attached hydrogens (primary N) is 3. The van der Waals surface area contributed by atoms with E-state index in [1.165, 1.54) is 16.7 Å². The van der Waals surface area contributed by atoms with Gasteiger partial charge >= 0.3 is 6.03 Å². The van der Waals surface area contributed by atoms with Crippen LogP contribution in [0.25, 0.3) is 0 Å². The van der Waals surface area contributed by atoms with E-state index in [-0.39, 0.29) is 59.6 Å². The van der Waals surface area contributed by atoms with Gasteiger partial charge in [0.2, 0.25) is 23.6 Å². The number of unbranched alkanes of at least 4 members (excludes halogenated alkanes) is 1. The Labute approximate surface area is 398 Å². The number of rotatable bonds is 19. The number of fused-ring (bicyclic) bond motifs is 6. The molecule has 0 aliphatic heterocycles. The number of benzene rings is 2. The fraction of sp³-hybridized carbons (Fsp3) is 0.660. The monoisotopic (exact) mass is 925 g/mol. The molecule has 4 aliphatic rings. The standard InChI is InChI=1S/C53H80N8O6/c1-32(2)44(60-46(64)40(55)14-8-9-27-57-7)41(62)29-35(13-10-28-58-49(56)67)45(63)59-37-20-16-34-18-22-43-51(4,39(34)31-37)24-12-26-53(43,6)48(66)61-47(65)52(5)25-11-23-50(3)38-30-36(54)19-15-33(38)17-21-42(50)52/h15-16,19-20,30-32,35,40,42-44,57H,8-14,17-18,21-29,54-55H2,1-7H3,(H,59,63)(H,60,64)(H3,56,58,67)(H,61,65,66)/t35-,40-,42-,43-,44+,50-,51-,52+,53+/m1/s1. The van der Waals surface area contributed by atoms with Crippen LogP contribution in [0.15, 0.2) is 36.4 Å². The minimum atomic E-state index is -0.834. The Morgan fingerprint density at radius 1 is 0.731 bits per heavy atom. The number of Topliss-reactive ketones (excluding diaryl/α,β-unsaturated/α-hetero) is 1. The van der Waals surface area contributed by atoms with Crippen molar-refractivity contribution in [3.05, 3.63) is 58.7 Å². The van der Waals surface area contributed by atoms with Crippen LogP contribution >= 0.6 is 0 Å². The van der Waals surface area contributed by atoms with E-state index in [0.29, 0.717) is 31.4 Å². The largest absolute Gasteiger partial charge is 0.399 e. The van der Waals surface area contributed by atoms with Crippen molar-refractivity contribution in [3.8, 4) is 0 Å². The number of carbonyl (C=O) groups is 6. The van der Waals surface area contributed by atoms with Gasteiger partial charge in [-0.05, 0) is 166 Å². The quantitative estimate of drug-likeness (QED) is 0.0438. The van der Waals surface area contributed by atoms with E-state index in [1.807, 2.05) is 46.0 Å². The second-order valence-corrected chi connectivity index (χ2v) is 21.9. The lowest BCUT2D eigenvalue weighted by molar-refractivity contribution is -0.150. The number of amides is 6. The van der Waals surface area contributed by atoms with Gasteiger partial charge in [-0.3, -0.25) is 29.3 Å². The van der Waals surface area contributed by atoms with Gasteiger partial charge in [0.15, 0.2) is 5.78 Å². The summed E-state index contributed by atoms with van der Waals surface area (Å²) in [6.45, 7) is 13.4. The predicted octanol–water partition coefficient (Wildman–Crippen LogP) is 6.45. The molecular weight excluding hydrogens is 845 g/mol. The second-order valence-electron chi connectivity index (χ2n) is 21.9. The molecular formula is C53H80N8O6. The zero-order valence-corrected chi connectivity index (χ0v) is 41.3. The summed E-state index contributed by atoms with van der Waals surface area (Å²) in [6.07, 6.45) is 10.9. The zero-order valence-electron chi connectivity index (χ0n) is 41.3. The van der Waals surface area contributed by atoms with Gasteiger partial charge in [-0.25, -0.2) is 4.79 Å². The van der Waals surface area contributed by atoms with Gasteiger partial charge in [0.25, 0.3) is 0 Å². The van der Waals surface area contributed by atoms with Gasteiger partial charge in [-0.15, -0.1) is 0 Å². The molecule has 11 N–H and O–H groups in total. The number of imide groups is 1. The lowest BCUT2D eigenvalue weighted by atomic mass is 9.49. The van der Waals surface area contributed by atoms with Crippen molar-refractivity contribution in [1.82, 2.24) is 21.3 Å². The molecule has 0 saturated heterocycles. The first-order valence-electron chi connectivity index (χ1n) is 25.1. The molecule has 67 heavy (non-hydrogen) atoms. The van der Waals surface area contributed by atoms with Crippen LogP contribution < -0.4 is 43.8 Å². The molecule has 0 spiro atoms. The van der Waals surface area contributed by atoms with Crippen molar-refractivity contribution in [1.29, 1.82) is 0 Å². The molecule has 9 atom stereocenters. The van der Waals surface area contributed by atoms with E-state index in [4.69, 9.17) is 17.2 Å². The molecule has 14 nitrogen and oxygen atoms in total. The summed E-state index contributed by atoms with van der Waals surface area (Å²) in [5.41, 5.74) is 21.8. The summed E-state index contributed by atoms with van der Waals surface area (Å²) in [7, 11) is 1.87. The number of anilines is 2. The summed E-state index contributed by atoms with van der Waals surface area (Å²) in [6, 6.07) is 9.93. The van der Waals surface area contributed by atoms with E-state index in [9.17, 15) is 28.8 Å². The Morgan fingerprint density at radius 3 is 1.88 bits per heavy atom. The number of hydrogen-bond acceptors (Lipinski definition) is 9. The number of hydrogen-bond donors (Lipinski definition) is 8. The molecule has 6 amide bonds. The summed E-state index contributed by atoms with van der Waals surface area (Å²) in [5, 5.41) is 14.7. The van der Waals surface area contributed by atoms with Gasteiger partial charge < -0.3 is 38.5 Å². The Bertz CT molecular complexity index is 2180. The summed E-state index contributed by atoms with van der Waals surface area (Å²) in [5.74, 6) is -2.37. The maximum absolute atomic E-state index is 14.8. The third-order valence-corrected chi connectivity index (χ3v) is 17.0. The number of nitrogen functional groups attached to an aromatic ring is 1. The number of carbonyl (C=O) groups excluding carboxylic acids is 6. The predicted molar refractivity (Wildman–Crippen MR) is 264 cm³/mol. The van der Waals surface area contributed by atoms with Crippen LogP contribution in [-0.2, 0) is 47.6 Å². The van der Waals surface area contributed by atoms with Gasteiger partial charge in [-0.1, -0.05) is 72.9 Å². The van der Waals surface area contributed by atoms with Crippen molar-refractivity contribution in [3.63, 3.8) is 0 Å². The number of aryl methyl sites for hydroxylation is 2. The van der Waals surface area contributed by atoms with Crippen LogP contribution in [0.5, 0.6) is 0 Å². The Kier molecular flexibility index (Phi) is 16.3. The highest BCUT2D eigenvalue weighted by Gasteiger charge is 2.58. The highest BCUT2D eigenvalue weighted by atomic mass is 16.2. The van der Waals surface area contributed by atoms with Gasteiger partial charge in [0.05, 0.1) is 22.9 Å². The zero-order chi connectivity index (χ0) is 48.9. The molecule has 4 aliphatic carbocycles. The SMILES string of the molecule is CNCCCC[C@@H](N)C(=O)N[C@H](C(=O)C[C@@H](CCCNC(N)=O)C(=O)Nc1ccc2c(c1)[C@@]1(C)CCC[C@](C)(C(=O)NC(=O)[C@@]3(C)CCC[C@]4(C)c5cc(N)ccc5CC[C@@H]34)[C@@H]1CC2)C(C)C. The summed E-state index contributed by atoms with van der Waals surface area (Å²) in [4.78, 5) is 82.2. The molecule has 0 heterocycles. The summed E-state index contributed by atoms with van der Waals surface area (Å²) >= 11 is 0. The first kappa shape index (κ1) is 51.6. The normalized spacial score (nSPS) is 27.7. The Balaban J connectivity index is 1.17. The average Bonchev–Trinajstić information content (AvgIpc) is 3.27. The third-order valence-electron chi connectivity index (χ3n) is 17.0. The fourth-order valence-electron chi connectivity index (χ4n) is 13.1. The number of nitrogens with one attached hydrogen (secondary N) is 5. The van der Waals surface area contributed by atoms with Crippen LogP contribution in [0.3, 0.4) is 0 Å². The highest BCUT2D eigenvalue weighted by Crippen LogP contribution is 2.59. The van der Waals surface area contributed by atoms with Gasteiger partial charge in [0, 0.05) is 30.3 Å². The van der Waals surface area contributed by atoms with Gasteiger partial charge in [0.1, 0.15) is 0 Å². The number of ketones is 1. The van der Waals surface area contributed by atoms with Crippen molar-refractivity contribution in [2.45, 2.75) is 167 Å². The van der Waals surface area contributed by atoms with Crippen molar-refractivity contribution in [2.75, 3.05) is 31.2 Å². The molecule has 0 aromatic heterocycles. The molecule has 0 unspecified atom stereocenters. The van der Waals surface area contributed by atoms with E-state index in [1.54, 1.807) is 0 Å². The molecule has 2 saturated carbocycles. The molecule has 368 valence electrons. The van der Waals surface area contributed by atoms with E-state index >= 15 is 0 Å². The molecule has 14 heteroatoms. The first-order valence-corrected chi connectivity index (χ1v) is 25.1. The Morgan fingerprint density at radius 2 is 1.31 bits per heavy atom. The highest BCUT2D eigenvalue weighted by molar-refractivity contribution is 6.01. The second kappa shape index (κ2) is 21.2.